The molecule has 1 saturated heterocycles. The van der Waals surface area contributed by atoms with Crippen molar-refractivity contribution in [2.45, 2.75) is 12.8 Å². The summed E-state index contributed by atoms with van der Waals surface area (Å²) in [5.74, 6) is -1.49. The van der Waals surface area contributed by atoms with E-state index in [1.165, 1.54) is 0 Å². The van der Waals surface area contributed by atoms with Gasteiger partial charge in [-0.05, 0) is 30.9 Å². The second kappa shape index (κ2) is 6.18. The fraction of sp³-hybridized carbons (Fsp3) is 0.462. The van der Waals surface area contributed by atoms with Crippen molar-refractivity contribution in [1.29, 1.82) is 0 Å². The second-order valence-electron chi connectivity index (χ2n) is 4.64. The van der Waals surface area contributed by atoms with Gasteiger partial charge >= 0.3 is 0 Å². The van der Waals surface area contributed by atoms with Crippen LogP contribution in [0.15, 0.2) is 12.1 Å². The molecule has 2 rings (SSSR count). The third-order valence-corrected chi connectivity index (χ3v) is 4.57. The lowest BCUT2D eigenvalue weighted by atomic mass is 9.98. The van der Waals surface area contributed by atoms with E-state index in [4.69, 9.17) is 11.6 Å². The van der Waals surface area contributed by atoms with Gasteiger partial charge in [0.15, 0.2) is 0 Å². The van der Waals surface area contributed by atoms with Gasteiger partial charge in [-0.1, -0.05) is 27.5 Å². The van der Waals surface area contributed by atoms with E-state index in [1.54, 1.807) is 4.90 Å². The highest BCUT2D eigenvalue weighted by molar-refractivity contribution is 9.09. The third kappa shape index (κ3) is 3.26. The molecule has 0 atom stereocenters. The van der Waals surface area contributed by atoms with Crippen molar-refractivity contribution in [1.82, 2.24) is 4.90 Å². The van der Waals surface area contributed by atoms with E-state index in [9.17, 15) is 13.6 Å². The lowest BCUT2D eigenvalue weighted by Crippen LogP contribution is -2.39. The molecule has 0 N–H and O–H groups in total. The molecule has 0 unspecified atom stereocenters. The molecule has 1 aliphatic heterocycles. The SMILES string of the molecule is O=C(c1cc(F)c(Cl)cc1F)N1CCC(CBr)CC1. The Bertz CT molecular complexity index is 490. The van der Waals surface area contributed by atoms with Crippen molar-refractivity contribution in [2.24, 2.45) is 5.92 Å². The van der Waals surface area contributed by atoms with Crippen LogP contribution >= 0.6 is 27.5 Å². The molecule has 104 valence electrons. The first-order valence-corrected chi connectivity index (χ1v) is 7.52. The van der Waals surface area contributed by atoms with Crippen LogP contribution in [0, 0.1) is 17.6 Å². The molecule has 0 saturated carbocycles. The topological polar surface area (TPSA) is 20.3 Å². The second-order valence-corrected chi connectivity index (χ2v) is 5.69. The number of carbonyl (C=O) groups is 1. The molecule has 0 aliphatic carbocycles. The van der Waals surface area contributed by atoms with E-state index < -0.39 is 17.5 Å². The molecule has 0 bridgehead atoms. The first-order valence-electron chi connectivity index (χ1n) is 6.02. The van der Waals surface area contributed by atoms with Crippen LogP contribution in [0.5, 0.6) is 0 Å². The van der Waals surface area contributed by atoms with E-state index in [1.807, 2.05) is 0 Å². The summed E-state index contributed by atoms with van der Waals surface area (Å²) in [6.07, 6.45) is 1.74. The van der Waals surface area contributed by atoms with Crippen LogP contribution in [0.3, 0.4) is 0 Å². The number of piperidine rings is 1. The van der Waals surface area contributed by atoms with Gasteiger partial charge in [-0.2, -0.15) is 0 Å². The van der Waals surface area contributed by atoms with Crippen molar-refractivity contribution >= 4 is 33.4 Å². The van der Waals surface area contributed by atoms with Gasteiger partial charge in [-0.25, -0.2) is 8.78 Å². The minimum Gasteiger partial charge on any atom is -0.339 e. The molecular weight excluding hydrogens is 340 g/mol. The Morgan fingerprint density at radius 3 is 2.53 bits per heavy atom. The van der Waals surface area contributed by atoms with Crippen LogP contribution in [-0.2, 0) is 0 Å². The highest BCUT2D eigenvalue weighted by atomic mass is 79.9. The number of carbonyl (C=O) groups excluding carboxylic acids is 1. The molecule has 1 amide bonds. The largest absolute Gasteiger partial charge is 0.339 e. The zero-order valence-electron chi connectivity index (χ0n) is 10.1. The number of nitrogens with zero attached hydrogens (tertiary/aromatic N) is 1. The van der Waals surface area contributed by atoms with Crippen LogP contribution in [-0.4, -0.2) is 29.2 Å². The standard InChI is InChI=1S/C13H13BrClF2NO/c14-7-8-1-3-18(4-2-8)13(19)9-5-12(17)10(15)6-11(9)16/h5-6,8H,1-4,7H2. The van der Waals surface area contributed by atoms with Crippen LogP contribution in [0.4, 0.5) is 8.78 Å². The maximum atomic E-state index is 13.7. The molecule has 1 aromatic rings. The Balaban J connectivity index is 2.14. The number of hydrogen-bond acceptors (Lipinski definition) is 1. The number of alkyl halides is 1. The number of rotatable bonds is 2. The fourth-order valence-corrected chi connectivity index (χ4v) is 2.94. The summed E-state index contributed by atoms with van der Waals surface area (Å²) in [6, 6.07) is 1.71. The van der Waals surface area contributed by atoms with Gasteiger partial charge < -0.3 is 4.90 Å². The maximum Gasteiger partial charge on any atom is 0.256 e. The Morgan fingerprint density at radius 2 is 1.95 bits per heavy atom. The van der Waals surface area contributed by atoms with Crippen LogP contribution in [0.2, 0.25) is 5.02 Å². The highest BCUT2D eigenvalue weighted by Crippen LogP contribution is 2.24. The van der Waals surface area contributed by atoms with Crippen LogP contribution < -0.4 is 0 Å². The Kier molecular flexibility index (Phi) is 4.79. The van der Waals surface area contributed by atoms with Gasteiger partial charge in [0.05, 0.1) is 10.6 Å². The maximum absolute atomic E-state index is 13.7. The van der Waals surface area contributed by atoms with E-state index in [0.29, 0.717) is 19.0 Å². The molecule has 1 heterocycles. The summed E-state index contributed by atoms with van der Waals surface area (Å²) in [7, 11) is 0. The molecule has 0 spiro atoms. The molecule has 19 heavy (non-hydrogen) atoms. The van der Waals surface area contributed by atoms with Crippen LogP contribution in [0.1, 0.15) is 23.2 Å². The van der Waals surface area contributed by atoms with Crippen molar-refractivity contribution in [3.63, 3.8) is 0 Å². The molecule has 1 aromatic carbocycles. The third-order valence-electron chi connectivity index (χ3n) is 3.36. The zero-order chi connectivity index (χ0) is 14.0. The van der Waals surface area contributed by atoms with Gasteiger partial charge in [-0.15, -0.1) is 0 Å². The molecule has 1 aliphatic rings. The highest BCUT2D eigenvalue weighted by Gasteiger charge is 2.25. The molecule has 6 heteroatoms. The van der Waals surface area contributed by atoms with Gasteiger partial charge in [0.25, 0.3) is 5.91 Å². The number of benzene rings is 1. The number of amides is 1. The average Bonchev–Trinajstić information content (AvgIpc) is 2.42. The zero-order valence-corrected chi connectivity index (χ0v) is 12.5. The monoisotopic (exact) mass is 351 g/mol. The first kappa shape index (κ1) is 14.7. The summed E-state index contributed by atoms with van der Waals surface area (Å²) in [5, 5.41) is 0.589. The Labute approximate surface area is 123 Å². The van der Waals surface area contributed by atoms with Gasteiger partial charge in [0.1, 0.15) is 11.6 Å². The lowest BCUT2D eigenvalue weighted by molar-refractivity contribution is 0.0694. The molecule has 2 nitrogen and oxygen atoms in total. The minimum absolute atomic E-state index is 0.251. The summed E-state index contributed by atoms with van der Waals surface area (Å²) < 4.78 is 27.0. The quantitative estimate of drug-likeness (QED) is 0.584. The summed E-state index contributed by atoms with van der Waals surface area (Å²) in [6.45, 7) is 1.14. The Hall–Kier alpha value is -0.680. The van der Waals surface area contributed by atoms with E-state index >= 15 is 0 Å². The van der Waals surface area contributed by atoms with E-state index in [0.717, 1.165) is 30.3 Å². The van der Waals surface area contributed by atoms with Crippen LogP contribution in [0.25, 0.3) is 0 Å². The van der Waals surface area contributed by atoms with Gasteiger partial charge in [-0.3, -0.25) is 4.79 Å². The van der Waals surface area contributed by atoms with Crippen molar-refractivity contribution in [3.05, 3.63) is 34.4 Å². The van der Waals surface area contributed by atoms with Crippen molar-refractivity contribution in [2.75, 3.05) is 18.4 Å². The first-order chi connectivity index (χ1) is 9.02. The fourth-order valence-electron chi connectivity index (χ4n) is 2.15. The molecule has 0 aromatic heterocycles. The molecular formula is C13H13BrClF2NO. The summed E-state index contributed by atoms with van der Waals surface area (Å²) in [4.78, 5) is 13.7. The molecule has 0 radical (unpaired) electrons. The van der Waals surface area contributed by atoms with Crippen molar-refractivity contribution < 1.29 is 13.6 Å². The van der Waals surface area contributed by atoms with E-state index in [-0.39, 0.29) is 10.6 Å². The lowest BCUT2D eigenvalue weighted by Gasteiger charge is -2.31. The van der Waals surface area contributed by atoms with Gasteiger partial charge in [0, 0.05) is 18.4 Å². The summed E-state index contributed by atoms with van der Waals surface area (Å²) >= 11 is 8.88. The normalized spacial score (nSPS) is 16.7. The predicted molar refractivity (Wildman–Crippen MR) is 73.8 cm³/mol. The average molecular weight is 353 g/mol. The number of halogens is 4. The number of likely N-dealkylation sites (tertiary alicyclic amines) is 1. The van der Waals surface area contributed by atoms with Crippen molar-refractivity contribution in [3.8, 4) is 0 Å². The molecule has 1 fully saturated rings. The smallest absolute Gasteiger partial charge is 0.256 e. The van der Waals surface area contributed by atoms with E-state index in [2.05, 4.69) is 15.9 Å². The predicted octanol–water partition coefficient (Wildman–Crippen LogP) is 3.87. The number of hydrogen-bond donors (Lipinski definition) is 0. The van der Waals surface area contributed by atoms with Gasteiger partial charge in [0.2, 0.25) is 0 Å². The Morgan fingerprint density at radius 1 is 1.32 bits per heavy atom. The summed E-state index contributed by atoms with van der Waals surface area (Å²) in [5.41, 5.74) is -0.251. The minimum atomic E-state index is -0.779.